The van der Waals surface area contributed by atoms with E-state index in [2.05, 4.69) is 21.2 Å². The zero-order chi connectivity index (χ0) is 13.7. The van der Waals surface area contributed by atoms with E-state index in [1.54, 1.807) is 6.26 Å². The second-order valence-electron chi connectivity index (χ2n) is 4.05. The third kappa shape index (κ3) is 4.44. The van der Waals surface area contributed by atoms with Crippen molar-refractivity contribution in [3.8, 4) is 0 Å². The van der Waals surface area contributed by atoms with Gasteiger partial charge in [0, 0.05) is 9.37 Å². The summed E-state index contributed by atoms with van der Waals surface area (Å²) in [5.74, 6) is 1.16. The molecule has 2 rings (SSSR count). The lowest BCUT2D eigenvalue weighted by molar-refractivity contribution is -0.119. The van der Waals surface area contributed by atoms with E-state index in [-0.39, 0.29) is 11.9 Å². The summed E-state index contributed by atoms with van der Waals surface area (Å²) in [6.45, 7) is 1.90. The number of carbonyl (C=O) groups is 1. The van der Waals surface area contributed by atoms with Crippen LogP contribution in [0.5, 0.6) is 0 Å². The summed E-state index contributed by atoms with van der Waals surface area (Å²) in [5.41, 5.74) is 0. The van der Waals surface area contributed by atoms with E-state index in [0.29, 0.717) is 5.75 Å². The van der Waals surface area contributed by atoms with Crippen molar-refractivity contribution >= 4 is 33.6 Å². The summed E-state index contributed by atoms with van der Waals surface area (Å²) in [7, 11) is 0. The molecule has 1 unspecified atom stereocenters. The number of halogens is 1. The molecule has 0 saturated heterocycles. The molecule has 0 saturated carbocycles. The van der Waals surface area contributed by atoms with Gasteiger partial charge in [0.15, 0.2) is 0 Å². The molecule has 2 aromatic rings. The van der Waals surface area contributed by atoms with Crippen LogP contribution in [0.15, 0.2) is 56.4 Å². The predicted octanol–water partition coefficient (Wildman–Crippen LogP) is 4.01. The highest BCUT2D eigenvalue weighted by molar-refractivity contribution is 9.10. The average Bonchev–Trinajstić information content (AvgIpc) is 2.92. The van der Waals surface area contributed by atoms with Gasteiger partial charge >= 0.3 is 0 Å². The monoisotopic (exact) mass is 339 g/mol. The van der Waals surface area contributed by atoms with Crippen molar-refractivity contribution in [2.45, 2.75) is 17.9 Å². The Hall–Kier alpha value is -1.20. The van der Waals surface area contributed by atoms with Gasteiger partial charge in [-0.15, -0.1) is 11.8 Å². The summed E-state index contributed by atoms with van der Waals surface area (Å²) in [5, 5.41) is 2.90. The fourth-order valence-electron chi connectivity index (χ4n) is 1.57. The van der Waals surface area contributed by atoms with Crippen LogP contribution >= 0.6 is 27.7 Å². The van der Waals surface area contributed by atoms with Crippen LogP contribution in [0.3, 0.4) is 0 Å². The quantitative estimate of drug-likeness (QED) is 0.836. The lowest BCUT2D eigenvalue weighted by Gasteiger charge is -2.11. The SMILES string of the molecule is CC(NC(=O)CSc1ccc(Br)cc1)c1ccco1. The van der Waals surface area contributed by atoms with E-state index < -0.39 is 0 Å². The number of amides is 1. The average molecular weight is 340 g/mol. The van der Waals surface area contributed by atoms with Crippen molar-refractivity contribution in [2.24, 2.45) is 0 Å². The van der Waals surface area contributed by atoms with Gasteiger partial charge in [-0.3, -0.25) is 4.79 Å². The number of rotatable bonds is 5. The number of hydrogen-bond donors (Lipinski definition) is 1. The third-order valence-corrected chi connectivity index (χ3v) is 4.07. The van der Waals surface area contributed by atoms with Crippen LogP contribution in [0.1, 0.15) is 18.7 Å². The molecule has 1 N–H and O–H groups in total. The molecular weight excluding hydrogens is 326 g/mol. The van der Waals surface area contributed by atoms with Crippen molar-refractivity contribution in [3.05, 3.63) is 52.9 Å². The molecule has 1 heterocycles. The van der Waals surface area contributed by atoms with Gasteiger partial charge in [0.25, 0.3) is 0 Å². The molecule has 0 spiro atoms. The fourth-order valence-corrected chi connectivity index (χ4v) is 2.55. The molecule has 0 aliphatic rings. The van der Waals surface area contributed by atoms with Crippen LogP contribution in [0.4, 0.5) is 0 Å². The lowest BCUT2D eigenvalue weighted by atomic mass is 10.2. The van der Waals surface area contributed by atoms with Crippen molar-refractivity contribution in [1.29, 1.82) is 0 Å². The standard InChI is InChI=1S/C14H14BrNO2S/c1-10(13-3-2-8-18-13)16-14(17)9-19-12-6-4-11(15)5-7-12/h2-8,10H,9H2,1H3,(H,16,17). The van der Waals surface area contributed by atoms with Gasteiger partial charge in [-0.25, -0.2) is 0 Å². The summed E-state index contributed by atoms with van der Waals surface area (Å²) in [6.07, 6.45) is 1.61. The van der Waals surface area contributed by atoms with E-state index in [0.717, 1.165) is 15.1 Å². The molecule has 1 amide bonds. The molecule has 5 heteroatoms. The highest BCUT2D eigenvalue weighted by Gasteiger charge is 2.11. The minimum absolute atomic E-state index is 0.00295. The summed E-state index contributed by atoms with van der Waals surface area (Å²) < 4.78 is 6.28. The Labute approximate surface area is 124 Å². The Morgan fingerprint density at radius 1 is 1.37 bits per heavy atom. The molecule has 1 aromatic heterocycles. The normalized spacial score (nSPS) is 12.1. The van der Waals surface area contributed by atoms with Crippen LogP contribution in [0, 0.1) is 0 Å². The number of hydrogen-bond acceptors (Lipinski definition) is 3. The molecule has 1 aromatic carbocycles. The smallest absolute Gasteiger partial charge is 0.230 e. The number of furan rings is 1. The van der Waals surface area contributed by atoms with E-state index in [1.165, 1.54) is 11.8 Å². The topological polar surface area (TPSA) is 42.2 Å². The van der Waals surface area contributed by atoms with Gasteiger partial charge in [-0.1, -0.05) is 15.9 Å². The second-order valence-corrected chi connectivity index (χ2v) is 6.01. The van der Waals surface area contributed by atoms with Gasteiger partial charge in [0.2, 0.25) is 5.91 Å². The first-order chi connectivity index (χ1) is 9.15. The van der Waals surface area contributed by atoms with E-state index in [9.17, 15) is 4.79 Å². The van der Waals surface area contributed by atoms with Crippen molar-refractivity contribution in [3.63, 3.8) is 0 Å². The number of nitrogens with one attached hydrogen (secondary N) is 1. The second kappa shape index (κ2) is 6.82. The number of benzene rings is 1. The van der Waals surface area contributed by atoms with Crippen LogP contribution in [0.25, 0.3) is 0 Å². The molecule has 0 aliphatic heterocycles. The Kier molecular flexibility index (Phi) is 5.10. The Morgan fingerprint density at radius 3 is 2.74 bits per heavy atom. The fraction of sp³-hybridized carbons (Fsp3) is 0.214. The molecule has 19 heavy (non-hydrogen) atoms. The van der Waals surface area contributed by atoms with Crippen molar-refractivity contribution in [2.75, 3.05) is 5.75 Å². The third-order valence-electron chi connectivity index (χ3n) is 2.53. The summed E-state index contributed by atoms with van der Waals surface area (Å²) in [6, 6.07) is 11.5. The zero-order valence-electron chi connectivity index (χ0n) is 10.4. The maximum Gasteiger partial charge on any atom is 0.230 e. The first-order valence-corrected chi connectivity index (χ1v) is 7.64. The highest BCUT2D eigenvalue weighted by atomic mass is 79.9. The van der Waals surface area contributed by atoms with Crippen LogP contribution in [0.2, 0.25) is 0 Å². The van der Waals surface area contributed by atoms with Gasteiger partial charge in [0.05, 0.1) is 18.1 Å². The molecule has 3 nitrogen and oxygen atoms in total. The maximum atomic E-state index is 11.8. The highest BCUT2D eigenvalue weighted by Crippen LogP contribution is 2.20. The van der Waals surface area contributed by atoms with Gasteiger partial charge in [-0.05, 0) is 43.3 Å². The minimum Gasteiger partial charge on any atom is -0.467 e. The summed E-state index contributed by atoms with van der Waals surface area (Å²) in [4.78, 5) is 12.9. The molecule has 1 atom stereocenters. The zero-order valence-corrected chi connectivity index (χ0v) is 12.8. The van der Waals surface area contributed by atoms with Crippen LogP contribution < -0.4 is 5.32 Å². The molecule has 0 radical (unpaired) electrons. The predicted molar refractivity (Wildman–Crippen MR) is 80.1 cm³/mol. The summed E-state index contributed by atoms with van der Waals surface area (Å²) >= 11 is 4.89. The van der Waals surface area contributed by atoms with E-state index in [1.807, 2.05) is 43.3 Å². The largest absolute Gasteiger partial charge is 0.467 e. The number of carbonyl (C=O) groups excluding carboxylic acids is 1. The number of thioether (sulfide) groups is 1. The molecular formula is C14H14BrNO2S. The Bertz CT molecular complexity index is 525. The first kappa shape index (κ1) is 14.2. The van der Waals surface area contributed by atoms with Crippen molar-refractivity contribution < 1.29 is 9.21 Å². The van der Waals surface area contributed by atoms with Crippen LogP contribution in [-0.2, 0) is 4.79 Å². The minimum atomic E-state index is -0.104. The van der Waals surface area contributed by atoms with Crippen molar-refractivity contribution in [1.82, 2.24) is 5.32 Å². The molecule has 0 fully saturated rings. The Morgan fingerprint density at radius 2 is 2.11 bits per heavy atom. The van der Waals surface area contributed by atoms with Crippen LogP contribution in [-0.4, -0.2) is 11.7 Å². The molecule has 100 valence electrons. The van der Waals surface area contributed by atoms with E-state index in [4.69, 9.17) is 4.42 Å². The van der Waals surface area contributed by atoms with Gasteiger partial charge < -0.3 is 9.73 Å². The molecule has 0 bridgehead atoms. The lowest BCUT2D eigenvalue weighted by Crippen LogP contribution is -2.27. The maximum absolute atomic E-state index is 11.8. The van der Waals surface area contributed by atoms with Gasteiger partial charge in [-0.2, -0.15) is 0 Å². The first-order valence-electron chi connectivity index (χ1n) is 5.86. The Balaban J connectivity index is 1.80. The van der Waals surface area contributed by atoms with E-state index >= 15 is 0 Å². The van der Waals surface area contributed by atoms with Gasteiger partial charge in [0.1, 0.15) is 5.76 Å². The molecule has 0 aliphatic carbocycles.